The molecule has 0 saturated carbocycles. The third-order valence-electron chi connectivity index (χ3n) is 2.55. The molecule has 0 unspecified atom stereocenters. The first kappa shape index (κ1) is 12.8. The van der Waals surface area contributed by atoms with Crippen molar-refractivity contribution in [1.29, 1.82) is 0 Å². The molecule has 0 atom stereocenters. The van der Waals surface area contributed by atoms with Crippen LogP contribution >= 0.6 is 12.2 Å². The number of carbonyl (C=O) groups excluding carboxylic acids is 1. The Kier molecular flexibility index (Phi) is 4.19. The Bertz CT molecular complexity index is 397. The summed E-state index contributed by atoms with van der Waals surface area (Å²) in [5.74, 6) is -0.223. The number of hydrogen-bond donors (Lipinski definition) is 0. The van der Waals surface area contributed by atoms with Crippen LogP contribution in [-0.2, 0) is 14.9 Å². The highest BCUT2D eigenvalue weighted by Gasteiger charge is 2.32. The predicted molar refractivity (Wildman–Crippen MR) is 68.9 cm³/mol. The van der Waals surface area contributed by atoms with Crippen molar-refractivity contribution < 1.29 is 9.53 Å². The van der Waals surface area contributed by atoms with E-state index in [0.29, 0.717) is 6.61 Å². The second kappa shape index (κ2) is 5.21. The number of ether oxygens (including phenoxy) is 1. The van der Waals surface area contributed by atoms with Gasteiger partial charge in [0.15, 0.2) is 0 Å². The fourth-order valence-corrected chi connectivity index (χ4v) is 1.80. The molecule has 0 fully saturated rings. The summed E-state index contributed by atoms with van der Waals surface area (Å²) >= 11 is 4.95. The molecule has 1 aromatic rings. The minimum Gasteiger partial charge on any atom is -0.465 e. The lowest BCUT2D eigenvalue weighted by Gasteiger charge is -2.24. The van der Waals surface area contributed by atoms with Gasteiger partial charge in [-0.15, -0.1) is 0 Å². The molecule has 0 spiro atoms. The van der Waals surface area contributed by atoms with Crippen molar-refractivity contribution in [1.82, 2.24) is 0 Å². The summed E-state index contributed by atoms with van der Waals surface area (Å²) < 4.78 is 5.07. The van der Waals surface area contributed by atoms with Crippen molar-refractivity contribution in [3.8, 4) is 0 Å². The van der Waals surface area contributed by atoms with E-state index in [2.05, 4.69) is 0 Å². The molecule has 0 saturated heterocycles. The van der Waals surface area contributed by atoms with Crippen LogP contribution in [0.1, 0.15) is 31.9 Å². The molecule has 3 heteroatoms. The van der Waals surface area contributed by atoms with Gasteiger partial charge in [-0.25, -0.2) is 0 Å². The zero-order valence-corrected chi connectivity index (χ0v) is 10.6. The van der Waals surface area contributed by atoms with Crippen molar-refractivity contribution >= 4 is 23.6 Å². The fourth-order valence-electron chi connectivity index (χ4n) is 1.59. The zero-order chi connectivity index (χ0) is 12.2. The van der Waals surface area contributed by atoms with Crippen molar-refractivity contribution in [2.45, 2.75) is 26.2 Å². The molecular weight excluding hydrogens is 220 g/mol. The molecule has 0 N–H and O–H groups in total. The lowest BCUT2D eigenvalue weighted by atomic mass is 9.82. The standard InChI is InChI=1S/C13H16O2S/c1-4-15-12(14)13(2,3)11-8-6-5-7-10(11)9-16/h5-9H,4H2,1-3H3. The van der Waals surface area contributed by atoms with E-state index in [-0.39, 0.29) is 5.97 Å². The van der Waals surface area contributed by atoms with E-state index in [4.69, 9.17) is 17.0 Å². The highest BCUT2D eigenvalue weighted by atomic mass is 32.1. The summed E-state index contributed by atoms with van der Waals surface area (Å²) in [6.07, 6.45) is 0. The van der Waals surface area contributed by atoms with Gasteiger partial charge in [-0.3, -0.25) is 4.79 Å². The molecule has 0 aliphatic rings. The lowest BCUT2D eigenvalue weighted by molar-refractivity contribution is -0.148. The van der Waals surface area contributed by atoms with Crippen LogP contribution in [0.15, 0.2) is 24.3 Å². The van der Waals surface area contributed by atoms with Crippen LogP contribution in [0.4, 0.5) is 0 Å². The van der Waals surface area contributed by atoms with E-state index in [1.165, 1.54) is 0 Å². The fraction of sp³-hybridized carbons (Fsp3) is 0.385. The van der Waals surface area contributed by atoms with Gasteiger partial charge in [-0.2, -0.15) is 0 Å². The van der Waals surface area contributed by atoms with Gasteiger partial charge in [0.05, 0.1) is 12.0 Å². The minimum atomic E-state index is -0.665. The maximum absolute atomic E-state index is 11.9. The van der Waals surface area contributed by atoms with Gasteiger partial charge in [-0.1, -0.05) is 36.5 Å². The molecule has 0 amide bonds. The molecule has 0 radical (unpaired) electrons. The Labute approximate surface area is 102 Å². The Morgan fingerprint density at radius 3 is 2.62 bits per heavy atom. The van der Waals surface area contributed by atoms with Crippen LogP contribution in [0.25, 0.3) is 0 Å². The Hall–Kier alpha value is -1.22. The van der Waals surface area contributed by atoms with Crippen LogP contribution in [-0.4, -0.2) is 17.9 Å². The topological polar surface area (TPSA) is 26.3 Å². The van der Waals surface area contributed by atoms with Gasteiger partial charge in [0.1, 0.15) is 0 Å². The minimum absolute atomic E-state index is 0.223. The predicted octanol–water partition coefficient (Wildman–Crippen LogP) is 2.88. The summed E-state index contributed by atoms with van der Waals surface area (Å²) in [4.78, 5) is 11.9. The van der Waals surface area contributed by atoms with Crippen LogP contribution in [0.3, 0.4) is 0 Å². The molecule has 1 rings (SSSR count). The third kappa shape index (κ3) is 2.47. The summed E-state index contributed by atoms with van der Waals surface area (Å²) in [5, 5.41) is 1.59. The van der Waals surface area contributed by atoms with E-state index in [0.717, 1.165) is 11.1 Å². The van der Waals surface area contributed by atoms with Crippen molar-refractivity contribution in [3.05, 3.63) is 35.4 Å². The normalized spacial score (nSPS) is 10.9. The number of esters is 1. The van der Waals surface area contributed by atoms with E-state index >= 15 is 0 Å². The average Bonchev–Trinajstić information content (AvgIpc) is 2.29. The zero-order valence-electron chi connectivity index (χ0n) is 9.82. The van der Waals surface area contributed by atoms with Crippen LogP contribution < -0.4 is 0 Å². The monoisotopic (exact) mass is 236 g/mol. The number of carbonyl (C=O) groups is 1. The van der Waals surface area contributed by atoms with Crippen LogP contribution in [0.2, 0.25) is 0 Å². The largest absolute Gasteiger partial charge is 0.465 e. The Morgan fingerprint density at radius 2 is 2.06 bits per heavy atom. The second-order valence-corrected chi connectivity index (χ2v) is 4.29. The first-order valence-corrected chi connectivity index (χ1v) is 5.73. The van der Waals surface area contributed by atoms with Crippen molar-refractivity contribution in [2.24, 2.45) is 0 Å². The Balaban J connectivity index is 3.15. The number of benzene rings is 1. The SMILES string of the molecule is CCOC(=O)C(C)(C)c1ccccc1C=S. The van der Waals surface area contributed by atoms with Gasteiger partial charge >= 0.3 is 5.97 Å². The van der Waals surface area contributed by atoms with Gasteiger partial charge in [0.2, 0.25) is 0 Å². The highest BCUT2D eigenvalue weighted by molar-refractivity contribution is 7.79. The molecule has 0 aromatic heterocycles. The highest BCUT2D eigenvalue weighted by Crippen LogP contribution is 2.27. The van der Waals surface area contributed by atoms with Gasteiger partial charge in [0, 0.05) is 5.37 Å². The van der Waals surface area contributed by atoms with Gasteiger partial charge < -0.3 is 4.74 Å². The van der Waals surface area contributed by atoms with Crippen molar-refractivity contribution in [2.75, 3.05) is 6.61 Å². The summed E-state index contributed by atoms with van der Waals surface area (Å²) in [6.45, 7) is 5.90. The molecule has 1 aromatic carbocycles. The van der Waals surface area contributed by atoms with E-state index in [1.807, 2.05) is 38.1 Å². The molecule has 2 nitrogen and oxygen atoms in total. The average molecular weight is 236 g/mol. The third-order valence-corrected chi connectivity index (χ3v) is 2.80. The molecular formula is C13H16O2S. The number of rotatable bonds is 4. The molecule has 16 heavy (non-hydrogen) atoms. The summed E-state index contributed by atoms with van der Waals surface area (Å²) in [7, 11) is 0. The first-order valence-electron chi connectivity index (χ1n) is 5.26. The smallest absolute Gasteiger partial charge is 0.315 e. The Morgan fingerprint density at radius 1 is 1.44 bits per heavy atom. The van der Waals surface area contributed by atoms with Gasteiger partial charge in [-0.05, 0) is 31.9 Å². The first-order chi connectivity index (χ1) is 7.54. The van der Waals surface area contributed by atoms with E-state index in [1.54, 1.807) is 12.3 Å². The molecule has 0 aliphatic heterocycles. The number of thiocarbonyl (C=S) groups is 1. The van der Waals surface area contributed by atoms with Crippen molar-refractivity contribution in [3.63, 3.8) is 0 Å². The molecule has 0 bridgehead atoms. The van der Waals surface area contributed by atoms with E-state index < -0.39 is 5.41 Å². The second-order valence-electron chi connectivity index (χ2n) is 4.05. The number of hydrogen-bond acceptors (Lipinski definition) is 3. The summed E-state index contributed by atoms with van der Waals surface area (Å²) in [5.41, 5.74) is 1.14. The quantitative estimate of drug-likeness (QED) is 0.594. The van der Waals surface area contributed by atoms with E-state index in [9.17, 15) is 4.79 Å². The molecule has 86 valence electrons. The van der Waals surface area contributed by atoms with Crippen LogP contribution in [0, 0.1) is 0 Å². The maximum Gasteiger partial charge on any atom is 0.315 e. The molecule has 0 heterocycles. The van der Waals surface area contributed by atoms with Gasteiger partial charge in [0.25, 0.3) is 0 Å². The lowest BCUT2D eigenvalue weighted by Crippen LogP contribution is -2.32. The van der Waals surface area contributed by atoms with Crippen LogP contribution in [0.5, 0.6) is 0 Å². The summed E-state index contributed by atoms with van der Waals surface area (Å²) in [6, 6.07) is 7.62. The molecule has 0 aliphatic carbocycles. The maximum atomic E-state index is 11.9.